The van der Waals surface area contributed by atoms with Crippen molar-refractivity contribution in [2.24, 2.45) is 11.7 Å². The highest BCUT2D eigenvalue weighted by atomic mass is 16.5. The van der Waals surface area contributed by atoms with E-state index < -0.39 is 18.1 Å². The summed E-state index contributed by atoms with van der Waals surface area (Å²) >= 11 is 0. The molecule has 2 aliphatic carbocycles. The number of aliphatic hydroxyl groups is 1. The lowest BCUT2D eigenvalue weighted by molar-refractivity contribution is -0.130. The number of carbonyl (C=O) groups is 3. The van der Waals surface area contributed by atoms with Crippen molar-refractivity contribution in [2.75, 3.05) is 19.7 Å². The molecule has 3 fully saturated rings. The van der Waals surface area contributed by atoms with Gasteiger partial charge in [0.25, 0.3) is 5.91 Å². The number of primary amides is 1. The second-order valence-electron chi connectivity index (χ2n) is 14.8. The lowest BCUT2D eigenvalue weighted by Crippen LogP contribution is -2.51. The van der Waals surface area contributed by atoms with Gasteiger partial charge in [-0.3, -0.25) is 14.5 Å². The first-order chi connectivity index (χ1) is 24.4. The molecular formula is C41H50N4O5. The predicted molar refractivity (Wildman–Crippen MR) is 193 cm³/mol. The van der Waals surface area contributed by atoms with Crippen LogP contribution in [-0.2, 0) is 9.53 Å². The number of aliphatic hydroxyl groups excluding tert-OH is 1. The van der Waals surface area contributed by atoms with Crippen LogP contribution in [0.5, 0.6) is 0 Å². The first kappa shape index (κ1) is 34.2. The maximum absolute atomic E-state index is 13.3. The predicted octanol–water partition coefficient (Wildman–Crippen LogP) is 5.85. The largest absolute Gasteiger partial charge is 0.449 e. The van der Waals surface area contributed by atoms with Crippen LogP contribution in [0.1, 0.15) is 103 Å². The minimum Gasteiger partial charge on any atom is -0.449 e. The zero-order valence-corrected chi connectivity index (χ0v) is 28.8. The Morgan fingerprint density at radius 2 is 1.52 bits per heavy atom. The third-order valence-corrected chi connectivity index (χ3v) is 11.9. The van der Waals surface area contributed by atoms with Crippen LogP contribution in [0.2, 0.25) is 0 Å². The summed E-state index contributed by atoms with van der Waals surface area (Å²) in [5, 5.41) is 16.6. The van der Waals surface area contributed by atoms with E-state index in [1.54, 1.807) is 6.07 Å². The number of amides is 3. The van der Waals surface area contributed by atoms with Crippen LogP contribution < -0.4 is 16.4 Å². The Balaban J connectivity index is 0.910. The van der Waals surface area contributed by atoms with Crippen LogP contribution in [0, 0.1) is 5.92 Å². The molecule has 0 radical (unpaired) electrons. The van der Waals surface area contributed by atoms with E-state index in [9.17, 15) is 19.5 Å². The van der Waals surface area contributed by atoms with E-state index in [0.29, 0.717) is 29.5 Å². The van der Waals surface area contributed by atoms with Gasteiger partial charge in [0.1, 0.15) is 12.7 Å². The SMILES string of the molecule is NC(=O)c1cccc([C@H]2C[C@H]3CC[C@@H](C2)N3CCC(NC(=O)C(O)CNC(=O)OCC2c3ccccc3-c3ccccc32)C2CCCCC2)c1. The quantitative estimate of drug-likeness (QED) is 0.190. The first-order valence-corrected chi connectivity index (χ1v) is 18.6. The topological polar surface area (TPSA) is 134 Å². The summed E-state index contributed by atoms with van der Waals surface area (Å²) in [7, 11) is 0. The Labute approximate surface area is 295 Å². The third-order valence-electron chi connectivity index (χ3n) is 11.9. The number of piperidine rings is 1. The molecule has 2 saturated heterocycles. The van der Waals surface area contributed by atoms with Crippen molar-refractivity contribution < 1.29 is 24.2 Å². The third kappa shape index (κ3) is 7.44. The average molecular weight is 679 g/mol. The van der Waals surface area contributed by atoms with Gasteiger partial charge in [0.15, 0.2) is 0 Å². The number of fused-ring (bicyclic) bond motifs is 5. The minimum atomic E-state index is -1.37. The molecule has 1 saturated carbocycles. The van der Waals surface area contributed by atoms with Crippen molar-refractivity contribution in [3.63, 3.8) is 0 Å². The molecule has 2 bridgehead atoms. The molecule has 3 aromatic carbocycles. The highest BCUT2D eigenvalue weighted by Crippen LogP contribution is 2.45. The molecule has 3 amide bonds. The molecular weight excluding hydrogens is 628 g/mol. The Morgan fingerprint density at radius 1 is 0.860 bits per heavy atom. The summed E-state index contributed by atoms with van der Waals surface area (Å²) in [4.78, 5) is 40.5. The van der Waals surface area contributed by atoms with Crippen molar-refractivity contribution in [2.45, 2.75) is 100 Å². The minimum absolute atomic E-state index is 0.0312. The highest BCUT2D eigenvalue weighted by Gasteiger charge is 2.41. The molecule has 0 spiro atoms. The molecule has 4 aliphatic rings. The van der Waals surface area contributed by atoms with Gasteiger partial charge in [0.2, 0.25) is 5.91 Å². The standard InChI is InChI=1S/C41H50N4O5/c42-39(47)28-12-8-11-27(21-28)29-22-30-17-18-31(23-29)45(30)20-19-37(26-9-2-1-3-10-26)44-40(48)38(46)24-43-41(49)50-25-36-34-15-6-4-13-32(34)33-14-5-7-16-35(33)36/h4-8,11-16,21,26,29-31,36-38,46H,1-3,9-10,17-20,22-25H2,(H2,42,47)(H,43,49)(H,44,48)/t29-,30+,31-,37?,38?. The van der Waals surface area contributed by atoms with E-state index in [1.807, 2.05) is 36.4 Å². The number of carbonyl (C=O) groups excluding carboxylic acids is 3. The Bertz CT molecular complexity index is 1630. The summed E-state index contributed by atoms with van der Waals surface area (Å²) in [6.45, 7) is 0.859. The van der Waals surface area contributed by atoms with Crippen LogP contribution in [0.15, 0.2) is 72.8 Å². The van der Waals surface area contributed by atoms with Gasteiger partial charge in [-0.05, 0) is 96.7 Å². The van der Waals surface area contributed by atoms with E-state index in [-0.39, 0.29) is 31.0 Å². The van der Waals surface area contributed by atoms with Gasteiger partial charge in [0, 0.05) is 36.2 Å². The number of nitrogens with two attached hydrogens (primary N) is 1. The molecule has 0 aromatic heterocycles. The highest BCUT2D eigenvalue weighted by molar-refractivity contribution is 5.93. The lowest BCUT2D eigenvalue weighted by atomic mass is 9.81. The second kappa shape index (κ2) is 15.4. The van der Waals surface area contributed by atoms with Gasteiger partial charge in [-0.15, -0.1) is 0 Å². The number of hydrogen-bond donors (Lipinski definition) is 4. The molecule has 2 heterocycles. The van der Waals surface area contributed by atoms with E-state index >= 15 is 0 Å². The second-order valence-corrected chi connectivity index (χ2v) is 14.8. The molecule has 5 atom stereocenters. The van der Waals surface area contributed by atoms with Crippen molar-refractivity contribution in [3.8, 4) is 11.1 Å². The Morgan fingerprint density at radius 3 is 2.18 bits per heavy atom. The van der Waals surface area contributed by atoms with E-state index in [4.69, 9.17) is 10.5 Å². The van der Waals surface area contributed by atoms with Crippen LogP contribution in [0.4, 0.5) is 4.79 Å². The summed E-state index contributed by atoms with van der Waals surface area (Å²) in [6, 6.07) is 25.0. The summed E-state index contributed by atoms with van der Waals surface area (Å²) in [5.74, 6) is -0.110. The molecule has 7 rings (SSSR count). The molecule has 264 valence electrons. The molecule has 2 unspecified atom stereocenters. The van der Waals surface area contributed by atoms with Gasteiger partial charge < -0.3 is 26.2 Å². The van der Waals surface area contributed by atoms with Gasteiger partial charge in [0.05, 0.1) is 6.54 Å². The normalized spacial score (nSPS) is 23.0. The number of nitrogens with zero attached hydrogens (tertiary/aromatic N) is 1. The maximum Gasteiger partial charge on any atom is 0.407 e. The fraction of sp³-hybridized carbons (Fsp3) is 0.488. The summed E-state index contributed by atoms with van der Waals surface area (Å²) in [5.41, 5.74) is 11.9. The Kier molecular flexibility index (Phi) is 10.5. The number of nitrogens with one attached hydrogen (secondary N) is 2. The molecule has 3 aromatic rings. The van der Waals surface area contributed by atoms with Crippen LogP contribution in [0.3, 0.4) is 0 Å². The molecule has 50 heavy (non-hydrogen) atoms. The van der Waals surface area contributed by atoms with Gasteiger partial charge in [-0.25, -0.2) is 4.79 Å². The van der Waals surface area contributed by atoms with Gasteiger partial charge >= 0.3 is 6.09 Å². The zero-order chi connectivity index (χ0) is 34.6. The monoisotopic (exact) mass is 678 g/mol. The summed E-state index contributed by atoms with van der Waals surface area (Å²) < 4.78 is 5.61. The average Bonchev–Trinajstić information content (AvgIpc) is 3.59. The molecule has 5 N–H and O–H groups in total. The van der Waals surface area contributed by atoms with Crippen molar-refractivity contribution in [1.82, 2.24) is 15.5 Å². The maximum atomic E-state index is 13.3. The van der Waals surface area contributed by atoms with Gasteiger partial charge in [-0.1, -0.05) is 79.9 Å². The summed E-state index contributed by atoms with van der Waals surface area (Å²) in [6.07, 6.45) is 8.93. The number of alkyl carbamates (subject to hydrolysis) is 1. The van der Waals surface area contributed by atoms with Crippen LogP contribution >= 0.6 is 0 Å². The fourth-order valence-corrected chi connectivity index (χ4v) is 9.31. The number of rotatable bonds is 12. The lowest BCUT2D eigenvalue weighted by Gasteiger charge is -2.41. The van der Waals surface area contributed by atoms with Crippen molar-refractivity contribution in [3.05, 3.63) is 95.1 Å². The Hall–Kier alpha value is -4.21. The number of hydrogen-bond acceptors (Lipinski definition) is 6. The molecule has 9 nitrogen and oxygen atoms in total. The van der Waals surface area contributed by atoms with Crippen LogP contribution in [-0.4, -0.2) is 71.8 Å². The van der Waals surface area contributed by atoms with Crippen LogP contribution in [0.25, 0.3) is 11.1 Å². The number of benzene rings is 3. The van der Waals surface area contributed by atoms with E-state index in [1.165, 1.54) is 12.0 Å². The smallest absolute Gasteiger partial charge is 0.407 e. The van der Waals surface area contributed by atoms with Crippen molar-refractivity contribution in [1.29, 1.82) is 0 Å². The molecule has 2 aliphatic heterocycles. The molecule has 9 heteroatoms. The zero-order valence-electron chi connectivity index (χ0n) is 28.8. The number of ether oxygens (including phenoxy) is 1. The first-order valence-electron chi connectivity index (χ1n) is 18.6. The van der Waals surface area contributed by atoms with Gasteiger partial charge in [-0.2, -0.15) is 0 Å². The van der Waals surface area contributed by atoms with E-state index in [0.717, 1.165) is 86.6 Å². The van der Waals surface area contributed by atoms with E-state index in [2.05, 4.69) is 45.9 Å². The van der Waals surface area contributed by atoms with Crippen molar-refractivity contribution >= 4 is 17.9 Å². The fourth-order valence-electron chi connectivity index (χ4n) is 9.31.